The molecule has 0 radical (unpaired) electrons. The lowest BCUT2D eigenvalue weighted by Crippen LogP contribution is -2.21. The van der Waals surface area contributed by atoms with Crippen LogP contribution >= 0.6 is 11.2 Å². The summed E-state index contributed by atoms with van der Waals surface area (Å²) in [6, 6.07) is 0. The lowest BCUT2D eigenvalue weighted by Gasteiger charge is -2.14. The molecule has 0 N–H and O–H groups in total. The van der Waals surface area contributed by atoms with Gasteiger partial charge in [-0.1, -0.05) is 0 Å². The number of hydrogen-bond donors (Lipinski definition) is 0. The Morgan fingerprint density at radius 1 is 1.43 bits per heavy atom. The van der Waals surface area contributed by atoms with Gasteiger partial charge in [-0.05, 0) is 6.92 Å². The Morgan fingerprint density at radius 3 is 2.07 bits per heavy atom. The summed E-state index contributed by atoms with van der Waals surface area (Å²) in [4.78, 5) is 13.1. The molecule has 0 saturated heterocycles. The fourth-order valence-corrected chi connectivity index (χ4v) is 0.794. The van der Waals surface area contributed by atoms with E-state index >= 15 is 0 Å². The van der Waals surface area contributed by atoms with E-state index in [2.05, 4.69) is 36.2 Å². The number of carbonyl (C=O) groups is 1. The molecule has 0 aromatic carbocycles. The second-order valence-electron chi connectivity index (χ2n) is 2.64. The Balaban J connectivity index is 0.000000255. The van der Waals surface area contributed by atoms with Crippen molar-refractivity contribution in [3.05, 3.63) is 12.4 Å². The highest BCUT2D eigenvalue weighted by molar-refractivity contribution is 8.32. The first kappa shape index (κ1) is 13.2. The van der Waals surface area contributed by atoms with Crippen LogP contribution in [0, 0.1) is 0 Å². The lowest BCUT2D eigenvalue weighted by molar-refractivity contribution is 0.308. The zero-order chi connectivity index (χ0) is 11.2. The third-order valence-corrected chi connectivity index (χ3v) is 1.67. The summed E-state index contributed by atoms with van der Waals surface area (Å²) in [6.07, 6.45) is 4.20. The van der Waals surface area contributed by atoms with Crippen molar-refractivity contribution in [2.24, 2.45) is 0 Å². The number of carbonyl (C=O) groups excluding carboxylic acids is 1. The second kappa shape index (κ2) is 5.79. The first-order valence-electron chi connectivity index (χ1n) is 3.89. The van der Waals surface area contributed by atoms with E-state index in [9.17, 15) is 11.7 Å². The minimum absolute atomic E-state index is 0.979. The molecule has 0 aliphatic carbocycles. The first-order valence-corrected chi connectivity index (χ1v) is 5.28. The highest BCUT2D eigenvalue weighted by atomic mass is 32.3. The van der Waals surface area contributed by atoms with Crippen molar-refractivity contribution >= 4 is 16.8 Å². The van der Waals surface area contributed by atoms with Gasteiger partial charge in [-0.25, -0.2) is 0 Å². The van der Waals surface area contributed by atoms with E-state index in [0.717, 1.165) is 13.2 Å². The maximum atomic E-state index is 10.5. The third-order valence-electron chi connectivity index (χ3n) is 1.45. The molecule has 0 unspecified atom stereocenters. The Labute approximate surface area is 83.4 Å². The van der Waals surface area contributed by atoms with Crippen molar-refractivity contribution < 1.29 is 16.5 Å². The molecular weight excluding hydrogens is 217 g/mol. The molecule has 3 nitrogen and oxygen atoms in total. The molecule has 7 heteroatoms. The van der Waals surface area contributed by atoms with Gasteiger partial charge in [-0.3, -0.25) is 4.79 Å². The van der Waals surface area contributed by atoms with Crippen LogP contribution in [0.25, 0.3) is 0 Å². The SMILES string of the molecule is CCN1C=CN(C)C1.O=CS(F)(F)F. The molecule has 0 bridgehead atoms. The van der Waals surface area contributed by atoms with Gasteiger partial charge in [-0.15, -0.1) is 11.7 Å². The smallest absolute Gasteiger partial charge is 0.268 e. The minimum Gasteiger partial charge on any atom is -0.362 e. The van der Waals surface area contributed by atoms with Gasteiger partial charge in [-0.2, -0.15) is 0 Å². The highest BCUT2D eigenvalue weighted by Gasteiger charge is 2.17. The molecule has 84 valence electrons. The van der Waals surface area contributed by atoms with E-state index in [1.54, 1.807) is 0 Å². The van der Waals surface area contributed by atoms with E-state index < -0.39 is 16.8 Å². The van der Waals surface area contributed by atoms with Crippen LogP contribution in [0.1, 0.15) is 6.92 Å². The standard InChI is InChI=1S/C6H12N2.CHF3OS/c1-3-8-5-4-7(2)6-8;2-6(3,4)1-5/h4-5H,3,6H2,1-2H3;1H. The molecule has 1 heterocycles. The maximum absolute atomic E-state index is 10.5. The van der Waals surface area contributed by atoms with Crippen molar-refractivity contribution in [2.45, 2.75) is 6.92 Å². The van der Waals surface area contributed by atoms with Crippen LogP contribution in [0.4, 0.5) is 11.7 Å². The van der Waals surface area contributed by atoms with Gasteiger partial charge in [0.05, 0.1) is 6.67 Å². The highest BCUT2D eigenvalue weighted by Crippen LogP contribution is 2.49. The van der Waals surface area contributed by atoms with Crippen LogP contribution in [0.2, 0.25) is 0 Å². The van der Waals surface area contributed by atoms with Crippen LogP contribution in [-0.4, -0.2) is 35.7 Å². The van der Waals surface area contributed by atoms with E-state index in [0.29, 0.717) is 0 Å². The van der Waals surface area contributed by atoms with Crippen molar-refractivity contribution in [1.82, 2.24) is 9.80 Å². The fraction of sp³-hybridized carbons (Fsp3) is 0.571. The first-order chi connectivity index (χ1) is 6.39. The van der Waals surface area contributed by atoms with Crippen molar-refractivity contribution in [1.29, 1.82) is 0 Å². The van der Waals surface area contributed by atoms with E-state index in [1.165, 1.54) is 0 Å². The van der Waals surface area contributed by atoms with Crippen molar-refractivity contribution in [3.63, 3.8) is 0 Å². The quantitative estimate of drug-likeness (QED) is 0.680. The Morgan fingerprint density at radius 2 is 1.93 bits per heavy atom. The zero-order valence-electron chi connectivity index (χ0n) is 7.99. The number of hydrogen-bond acceptors (Lipinski definition) is 3. The van der Waals surface area contributed by atoms with Crippen LogP contribution in [0.15, 0.2) is 12.4 Å². The predicted molar refractivity (Wildman–Crippen MR) is 51.8 cm³/mol. The van der Waals surface area contributed by atoms with Gasteiger partial charge in [0.15, 0.2) is 0 Å². The van der Waals surface area contributed by atoms with Gasteiger partial charge in [0.1, 0.15) is 0 Å². The molecule has 0 amide bonds. The van der Waals surface area contributed by atoms with Gasteiger partial charge in [0.2, 0.25) is 5.62 Å². The zero-order valence-corrected chi connectivity index (χ0v) is 8.81. The fourth-order valence-electron chi connectivity index (χ4n) is 0.794. The molecule has 0 spiro atoms. The summed E-state index contributed by atoms with van der Waals surface area (Å²) < 4.78 is 31.5. The summed E-state index contributed by atoms with van der Waals surface area (Å²) in [5.74, 6) is 0. The summed E-state index contributed by atoms with van der Waals surface area (Å²) in [5, 5.41) is 0. The van der Waals surface area contributed by atoms with Crippen molar-refractivity contribution in [2.75, 3.05) is 20.3 Å². The topological polar surface area (TPSA) is 23.6 Å². The summed E-state index contributed by atoms with van der Waals surface area (Å²) >= 11 is -5.34. The molecule has 14 heavy (non-hydrogen) atoms. The molecule has 0 fully saturated rings. The number of halogens is 3. The van der Waals surface area contributed by atoms with Gasteiger partial charge in [0.25, 0.3) is 11.2 Å². The summed E-state index contributed by atoms with van der Waals surface area (Å²) in [7, 11) is 2.08. The number of rotatable bonds is 2. The molecule has 1 rings (SSSR count). The Hall–Kier alpha value is -0.850. The largest absolute Gasteiger partial charge is 0.362 e. The molecule has 0 aromatic rings. The van der Waals surface area contributed by atoms with Crippen LogP contribution in [-0.2, 0) is 4.79 Å². The molecule has 0 aromatic heterocycles. The van der Waals surface area contributed by atoms with E-state index in [4.69, 9.17) is 4.79 Å². The van der Waals surface area contributed by atoms with Crippen LogP contribution in [0.5, 0.6) is 0 Å². The molecule has 0 saturated carbocycles. The van der Waals surface area contributed by atoms with E-state index in [-0.39, 0.29) is 0 Å². The Kier molecular flexibility index (Phi) is 5.44. The normalized spacial score (nSPS) is 16.4. The number of nitrogens with zero attached hydrogens (tertiary/aromatic N) is 2. The van der Waals surface area contributed by atoms with Gasteiger partial charge >= 0.3 is 0 Å². The predicted octanol–water partition coefficient (Wildman–Crippen LogP) is 2.32. The average Bonchev–Trinajstić information content (AvgIpc) is 2.51. The van der Waals surface area contributed by atoms with Gasteiger partial charge < -0.3 is 9.80 Å². The van der Waals surface area contributed by atoms with Crippen molar-refractivity contribution in [3.8, 4) is 0 Å². The van der Waals surface area contributed by atoms with Crippen LogP contribution < -0.4 is 0 Å². The molecular formula is C7H13F3N2OS. The second-order valence-corrected chi connectivity index (χ2v) is 3.72. The average molecular weight is 230 g/mol. The third kappa shape index (κ3) is 6.64. The molecule has 1 aliphatic rings. The minimum atomic E-state index is -5.34. The monoisotopic (exact) mass is 230 g/mol. The van der Waals surface area contributed by atoms with Gasteiger partial charge in [0, 0.05) is 26.0 Å². The Bertz CT molecular complexity index is 208. The lowest BCUT2D eigenvalue weighted by atomic mass is 10.6. The van der Waals surface area contributed by atoms with E-state index in [1.807, 2.05) is 0 Å². The molecule has 1 aliphatic heterocycles. The summed E-state index contributed by atoms with van der Waals surface area (Å²) in [6.45, 7) is 4.32. The maximum Gasteiger partial charge on any atom is 0.268 e. The van der Waals surface area contributed by atoms with Crippen LogP contribution in [0.3, 0.4) is 0 Å². The summed E-state index contributed by atoms with van der Waals surface area (Å²) in [5.41, 5.74) is -0.979. The molecule has 0 atom stereocenters.